The molecule has 0 spiro atoms. The molecule has 0 radical (unpaired) electrons. The molecule has 1 heterocycles. The Morgan fingerprint density at radius 3 is 2.63 bits per heavy atom. The van der Waals surface area contributed by atoms with Gasteiger partial charge in [0.1, 0.15) is 0 Å². The molecule has 3 rings (SSSR count). The minimum absolute atomic E-state index is 0.198. The average molecular weight is 318 g/mol. The van der Waals surface area contributed by atoms with E-state index in [4.69, 9.17) is 0 Å². The number of nitrogens with zero attached hydrogens (tertiary/aromatic N) is 2. The van der Waals surface area contributed by atoms with Crippen molar-refractivity contribution in [1.29, 1.82) is 0 Å². The summed E-state index contributed by atoms with van der Waals surface area (Å²) in [5.41, 5.74) is 2.98. The van der Waals surface area contributed by atoms with E-state index in [1.807, 2.05) is 0 Å². The molecule has 1 atom stereocenters. The summed E-state index contributed by atoms with van der Waals surface area (Å²) in [5, 5.41) is 3.44. The van der Waals surface area contributed by atoms with Crippen molar-refractivity contribution < 1.29 is 0 Å². The second kappa shape index (κ2) is 4.60. The molecule has 1 aromatic heterocycles. The first-order valence-corrected chi connectivity index (χ1v) is 7.19. The molecule has 98 valence electrons. The molecular formula is C15H16BrN3. The van der Waals surface area contributed by atoms with Crippen LogP contribution in [0.5, 0.6) is 0 Å². The fourth-order valence-electron chi connectivity index (χ4n) is 2.82. The summed E-state index contributed by atoms with van der Waals surface area (Å²) in [5.74, 6) is 0.681. The van der Waals surface area contributed by atoms with Gasteiger partial charge in [0.05, 0.1) is 10.5 Å². The Balaban J connectivity index is 1.89. The van der Waals surface area contributed by atoms with Crippen LogP contribution in [0.15, 0.2) is 41.1 Å². The summed E-state index contributed by atoms with van der Waals surface area (Å²) in [6.45, 7) is 4.58. The van der Waals surface area contributed by atoms with Crippen molar-refractivity contribution in [2.75, 3.05) is 5.32 Å². The predicted octanol–water partition coefficient (Wildman–Crippen LogP) is 4.07. The van der Waals surface area contributed by atoms with E-state index in [-0.39, 0.29) is 11.5 Å². The SMILES string of the molecule is CC1(C)CC(Nc2ncc(Br)cn2)c2ccccc21. The normalized spacial score (nSPS) is 20.1. The molecule has 0 saturated heterocycles. The lowest BCUT2D eigenvalue weighted by molar-refractivity contribution is 0.492. The van der Waals surface area contributed by atoms with Crippen LogP contribution in [0.2, 0.25) is 0 Å². The summed E-state index contributed by atoms with van der Waals surface area (Å²) in [6.07, 6.45) is 4.59. The molecule has 4 heteroatoms. The van der Waals surface area contributed by atoms with Crippen LogP contribution >= 0.6 is 15.9 Å². The highest BCUT2D eigenvalue weighted by Crippen LogP contribution is 2.45. The van der Waals surface area contributed by atoms with Crippen molar-refractivity contribution in [3.63, 3.8) is 0 Å². The highest BCUT2D eigenvalue weighted by molar-refractivity contribution is 9.10. The molecule has 1 aromatic carbocycles. The zero-order chi connectivity index (χ0) is 13.5. The number of anilines is 1. The number of fused-ring (bicyclic) bond motifs is 1. The highest BCUT2D eigenvalue weighted by atomic mass is 79.9. The van der Waals surface area contributed by atoms with Gasteiger partial charge in [-0.05, 0) is 38.9 Å². The Morgan fingerprint density at radius 1 is 1.21 bits per heavy atom. The van der Waals surface area contributed by atoms with Gasteiger partial charge < -0.3 is 5.32 Å². The first-order valence-electron chi connectivity index (χ1n) is 6.40. The van der Waals surface area contributed by atoms with Crippen LogP contribution in [0.1, 0.15) is 37.4 Å². The van der Waals surface area contributed by atoms with Crippen molar-refractivity contribution in [3.05, 3.63) is 52.3 Å². The van der Waals surface area contributed by atoms with E-state index in [0.717, 1.165) is 10.9 Å². The molecule has 1 unspecified atom stereocenters. The quantitative estimate of drug-likeness (QED) is 0.907. The molecule has 1 N–H and O–H groups in total. The summed E-state index contributed by atoms with van der Waals surface area (Å²) < 4.78 is 0.894. The van der Waals surface area contributed by atoms with Gasteiger partial charge >= 0.3 is 0 Å². The maximum absolute atomic E-state index is 4.29. The molecule has 1 aliphatic carbocycles. The van der Waals surface area contributed by atoms with Gasteiger partial charge in [-0.3, -0.25) is 0 Å². The average Bonchev–Trinajstić information content (AvgIpc) is 2.65. The number of rotatable bonds is 2. The van der Waals surface area contributed by atoms with Crippen LogP contribution in [-0.4, -0.2) is 9.97 Å². The highest BCUT2D eigenvalue weighted by Gasteiger charge is 2.36. The van der Waals surface area contributed by atoms with Crippen LogP contribution in [0.4, 0.5) is 5.95 Å². The number of hydrogen-bond acceptors (Lipinski definition) is 3. The van der Waals surface area contributed by atoms with Crippen molar-refractivity contribution in [3.8, 4) is 0 Å². The maximum Gasteiger partial charge on any atom is 0.223 e. The van der Waals surface area contributed by atoms with E-state index < -0.39 is 0 Å². The van der Waals surface area contributed by atoms with Crippen LogP contribution in [-0.2, 0) is 5.41 Å². The Kier molecular flexibility index (Phi) is 3.05. The predicted molar refractivity (Wildman–Crippen MR) is 80.2 cm³/mol. The van der Waals surface area contributed by atoms with Crippen LogP contribution < -0.4 is 5.32 Å². The molecular weight excluding hydrogens is 302 g/mol. The largest absolute Gasteiger partial charge is 0.347 e. The second-order valence-electron chi connectivity index (χ2n) is 5.60. The van der Waals surface area contributed by atoms with E-state index in [9.17, 15) is 0 Å². The Morgan fingerprint density at radius 2 is 1.89 bits per heavy atom. The number of halogens is 1. The summed E-state index contributed by atoms with van der Waals surface area (Å²) in [4.78, 5) is 8.59. The lowest BCUT2D eigenvalue weighted by Gasteiger charge is -2.19. The molecule has 0 fully saturated rings. The molecule has 0 bridgehead atoms. The number of benzene rings is 1. The third kappa shape index (κ3) is 2.37. The summed E-state index contributed by atoms with van der Waals surface area (Å²) in [7, 11) is 0. The first-order chi connectivity index (χ1) is 9.06. The zero-order valence-electron chi connectivity index (χ0n) is 11.0. The van der Waals surface area contributed by atoms with Crippen molar-refractivity contribution in [2.24, 2.45) is 0 Å². The molecule has 3 nitrogen and oxygen atoms in total. The van der Waals surface area contributed by atoms with Gasteiger partial charge in [-0.2, -0.15) is 0 Å². The van der Waals surface area contributed by atoms with Crippen LogP contribution in [0.25, 0.3) is 0 Å². The Hall–Kier alpha value is -1.42. The second-order valence-corrected chi connectivity index (χ2v) is 6.51. The minimum atomic E-state index is 0.198. The van der Waals surface area contributed by atoms with Gasteiger partial charge in [0.25, 0.3) is 0 Å². The third-order valence-electron chi connectivity index (χ3n) is 3.70. The van der Waals surface area contributed by atoms with Crippen molar-refractivity contribution in [2.45, 2.75) is 31.7 Å². The molecule has 19 heavy (non-hydrogen) atoms. The van der Waals surface area contributed by atoms with Crippen LogP contribution in [0, 0.1) is 0 Å². The lowest BCUT2D eigenvalue weighted by atomic mass is 9.86. The number of nitrogens with one attached hydrogen (secondary N) is 1. The monoisotopic (exact) mass is 317 g/mol. The fraction of sp³-hybridized carbons (Fsp3) is 0.333. The maximum atomic E-state index is 4.29. The first kappa shape index (κ1) is 12.6. The zero-order valence-corrected chi connectivity index (χ0v) is 12.6. The number of aromatic nitrogens is 2. The van der Waals surface area contributed by atoms with E-state index in [2.05, 4.69) is 69.3 Å². The van der Waals surface area contributed by atoms with E-state index in [0.29, 0.717) is 5.95 Å². The topological polar surface area (TPSA) is 37.8 Å². The molecule has 1 aliphatic rings. The Labute approximate surface area is 121 Å². The van der Waals surface area contributed by atoms with E-state index in [1.165, 1.54) is 11.1 Å². The summed E-state index contributed by atoms with van der Waals surface area (Å²) in [6, 6.07) is 8.91. The van der Waals surface area contributed by atoms with Gasteiger partial charge in [-0.25, -0.2) is 9.97 Å². The molecule has 2 aromatic rings. The molecule has 0 saturated carbocycles. The minimum Gasteiger partial charge on any atom is -0.347 e. The smallest absolute Gasteiger partial charge is 0.223 e. The standard InChI is InChI=1S/C15H16BrN3/c1-15(2)7-13(11-5-3-4-6-12(11)15)19-14-17-8-10(16)9-18-14/h3-6,8-9,13H,7H2,1-2H3,(H,17,18,19). The molecule has 0 amide bonds. The van der Waals surface area contributed by atoms with Crippen LogP contribution in [0.3, 0.4) is 0 Å². The van der Waals surface area contributed by atoms with Gasteiger partial charge in [-0.1, -0.05) is 38.1 Å². The summed E-state index contributed by atoms with van der Waals surface area (Å²) >= 11 is 3.35. The van der Waals surface area contributed by atoms with E-state index >= 15 is 0 Å². The third-order valence-corrected chi connectivity index (χ3v) is 4.11. The van der Waals surface area contributed by atoms with Gasteiger partial charge in [0, 0.05) is 12.4 Å². The fourth-order valence-corrected chi connectivity index (χ4v) is 3.02. The van der Waals surface area contributed by atoms with Gasteiger partial charge in [0.2, 0.25) is 5.95 Å². The van der Waals surface area contributed by atoms with Gasteiger partial charge in [0.15, 0.2) is 0 Å². The van der Waals surface area contributed by atoms with Gasteiger partial charge in [-0.15, -0.1) is 0 Å². The van der Waals surface area contributed by atoms with Crippen molar-refractivity contribution >= 4 is 21.9 Å². The lowest BCUT2D eigenvalue weighted by Crippen LogP contribution is -2.15. The van der Waals surface area contributed by atoms with Crippen molar-refractivity contribution in [1.82, 2.24) is 9.97 Å². The Bertz CT molecular complexity index is 593. The number of hydrogen-bond donors (Lipinski definition) is 1. The van der Waals surface area contributed by atoms with E-state index in [1.54, 1.807) is 12.4 Å². The molecule has 0 aliphatic heterocycles.